The van der Waals surface area contributed by atoms with Gasteiger partial charge in [-0.05, 0) is 17.7 Å². The van der Waals surface area contributed by atoms with Gasteiger partial charge in [0, 0.05) is 38.6 Å². The fraction of sp³-hybridized carbons (Fsp3) is 0.474. The molecule has 24 heavy (non-hydrogen) atoms. The van der Waals surface area contributed by atoms with Crippen molar-refractivity contribution in [1.82, 2.24) is 10.2 Å². The number of ether oxygens (including phenoxy) is 1. The van der Waals surface area contributed by atoms with E-state index in [0.29, 0.717) is 6.61 Å². The minimum absolute atomic E-state index is 0.171. The lowest BCUT2D eigenvalue weighted by molar-refractivity contribution is 0.0177. The van der Waals surface area contributed by atoms with Crippen molar-refractivity contribution in [2.24, 2.45) is 5.92 Å². The van der Waals surface area contributed by atoms with Crippen LogP contribution in [0.1, 0.15) is 11.7 Å². The van der Waals surface area contributed by atoms with Gasteiger partial charge in [-0.25, -0.2) is 0 Å². The van der Waals surface area contributed by atoms with E-state index >= 15 is 0 Å². The van der Waals surface area contributed by atoms with Crippen LogP contribution in [0.15, 0.2) is 54.6 Å². The molecule has 0 amide bonds. The highest BCUT2D eigenvalue weighted by molar-refractivity contribution is 5.26. The Hall–Kier alpha value is -1.56. The van der Waals surface area contributed by atoms with Crippen LogP contribution in [0, 0.1) is 5.92 Å². The van der Waals surface area contributed by atoms with Crippen LogP contribution in [0.5, 0.6) is 0 Å². The molecule has 3 rings (SSSR count). The van der Waals surface area contributed by atoms with Crippen LogP contribution in [0.25, 0.3) is 0 Å². The van der Waals surface area contributed by atoms with E-state index in [0.717, 1.165) is 50.4 Å². The molecular formula is C19H24F2N2O. The fourth-order valence-electron chi connectivity index (χ4n) is 3.12. The SMILES string of the molecule is FC1(F)C=CC(C(OCCN2CCNCC2)c2ccccc2)C=C1. The van der Waals surface area contributed by atoms with E-state index < -0.39 is 5.92 Å². The standard InChI is InChI=1S/C19H24F2N2O/c20-19(21)8-6-17(7-9-19)18(16-4-2-1-3-5-16)24-15-14-23-12-10-22-11-13-23/h1-9,17-18,22H,10-15H2. The molecule has 1 heterocycles. The molecule has 1 aromatic rings. The highest BCUT2D eigenvalue weighted by atomic mass is 19.3. The molecule has 1 atom stereocenters. The average molecular weight is 334 g/mol. The number of rotatable bonds is 6. The third kappa shape index (κ3) is 4.72. The molecule has 1 aliphatic heterocycles. The Morgan fingerprint density at radius 1 is 1.12 bits per heavy atom. The van der Waals surface area contributed by atoms with Crippen LogP contribution >= 0.6 is 0 Å². The zero-order valence-electron chi connectivity index (χ0n) is 13.7. The van der Waals surface area contributed by atoms with E-state index in [2.05, 4.69) is 10.2 Å². The summed E-state index contributed by atoms with van der Waals surface area (Å²) in [6.07, 6.45) is 4.81. The molecule has 1 unspecified atom stereocenters. The lowest BCUT2D eigenvalue weighted by atomic mass is 9.91. The van der Waals surface area contributed by atoms with Gasteiger partial charge in [0.05, 0.1) is 12.7 Å². The number of alkyl halides is 2. The molecule has 1 aliphatic carbocycles. The van der Waals surface area contributed by atoms with E-state index in [1.165, 1.54) is 0 Å². The summed E-state index contributed by atoms with van der Waals surface area (Å²) in [7, 11) is 0. The minimum Gasteiger partial charge on any atom is -0.371 e. The Labute approximate surface area is 142 Å². The maximum absolute atomic E-state index is 13.3. The third-order valence-electron chi connectivity index (χ3n) is 4.47. The Kier molecular flexibility index (Phi) is 5.76. The van der Waals surface area contributed by atoms with E-state index in [4.69, 9.17) is 4.74 Å². The normalized spacial score (nSPS) is 22.6. The summed E-state index contributed by atoms with van der Waals surface area (Å²) in [5.74, 6) is -3.02. The van der Waals surface area contributed by atoms with Gasteiger partial charge in [0.1, 0.15) is 0 Å². The summed E-state index contributed by atoms with van der Waals surface area (Å²) in [6.45, 7) is 5.51. The molecule has 130 valence electrons. The first-order valence-electron chi connectivity index (χ1n) is 8.50. The summed E-state index contributed by atoms with van der Waals surface area (Å²) < 4.78 is 32.8. The number of benzene rings is 1. The van der Waals surface area contributed by atoms with Crippen LogP contribution in [0.2, 0.25) is 0 Å². The van der Waals surface area contributed by atoms with E-state index in [1.807, 2.05) is 30.3 Å². The molecule has 0 aromatic heterocycles. The lowest BCUT2D eigenvalue weighted by Gasteiger charge is -2.30. The van der Waals surface area contributed by atoms with Gasteiger partial charge >= 0.3 is 0 Å². The van der Waals surface area contributed by atoms with Gasteiger partial charge in [-0.3, -0.25) is 4.90 Å². The van der Waals surface area contributed by atoms with Crippen molar-refractivity contribution in [2.75, 3.05) is 39.3 Å². The van der Waals surface area contributed by atoms with E-state index in [-0.39, 0.29) is 12.0 Å². The van der Waals surface area contributed by atoms with Crippen molar-refractivity contribution >= 4 is 0 Å². The monoisotopic (exact) mass is 334 g/mol. The number of hydrogen-bond donors (Lipinski definition) is 1. The Morgan fingerprint density at radius 3 is 2.46 bits per heavy atom. The second kappa shape index (κ2) is 8.01. The van der Waals surface area contributed by atoms with Crippen LogP contribution in [0.3, 0.4) is 0 Å². The molecule has 0 bridgehead atoms. The Bertz CT molecular complexity index is 552. The quantitative estimate of drug-likeness (QED) is 0.810. The predicted octanol–water partition coefficient (Wildman–Crippen LogP) is 3.03. The van der Waals surface area contributed by atoms with E-state index in [9.17, 15) is 8.78 Å². The Morgan fingerprint density at radius 2 is 1.79 bits per heavy atom. The molecule has 1 saturated heterocycles. The molecule has 1 aromatic carbocycles. The zero-order chi connectivity index (χ0) is 16.8. The minimum atomic E-state index is -2.85. The lowest BCUT2D eigenvalue weighted by Crippen LogP contribution is -2.44. The van der Waals surface area contributed by atoms with Crippen LogP contribution in [-0.2, 0) is 4.74 Å². The first-order valence-corrected chi connectivity index (χ1v) is 8.50. The number of nitrogens with one attached hydrogen (secondary N) is 1. The number of hydrogen-bond acceptors (Lipinski definition) is 3. The molecule has 0 radical (unpaired) electrons. The fourth-order valence-corrected chi connectivity index (χ4v) is 3.12. The molecular weight excluding hydrogens is 310 g/mol. The molecule has 1 fully saturated rings. The first-order chi connectivity index (χ1) is 11.6. The summed E-state index contributed by atoms with van der Waals surface area (Å²) in [5, 5.41) is 3.33. The third-order valence-corrected chi connectivity index (χ3v) is 4.47. The molecule has 0 saturated carbocycles. The number of nitrogens with zero attached hydrogens (tertiary/aromatic N) is 1. The van der Waals surface area contributed by atoms with Gasteiger partial charge in [-0.1, -0.05) is 42.5 Å². The van der Waals surface area contributed by atoms with Crippen molar-refractivity contribution in [3.05, 3.63) is 60.2 Å². The summed E-state index contributed by atoms with van der Waals surface area (Å²) in [4.78, 5) is 2.36. The van der Waals surface area contributed by atoms with Gasteiger partial charge < -0.3 is 10.1 Å². The summed E-state index contributed by atoms with van der Waals surface area (Å²) in [6, 6.07) is 9.83. The zero-order valence-corrected chi connectivity index (χ0v) is 13.7. The maximum atomic E-state index is 13.3. The highest BCUT2D eigenvalue weighted by Gasteiger charge is 2.29. The van der Waals surface area contributed by atoms with Gasteiger partial charge in [-0.2, -0.15) is 8.78 Å². The van der Waals surface area contributed by atoms with Crippen LogP contribution < -0.4 is 5.32 Å². The number of halogens is 2. The van der Waals surface area contributed by atoms with Gasteiger partial charge in [0.2, 0.25) is 0 Å². The van der Waals surface area contributed by atoms with Crippen molar-refractivity contribution in [2.45, 2.75) is 12.0 Å². The highest BCUT2D eigenvalue weighted by Crippen LogP contribution is 2.33. The van der Waals surface area contributed by atoms with E-state index in [1.54, 1.807) is 12.2 Å². The molecule has 2 aliphatic rings. The van der Waals surface area contributed by atoms with Gasteiger partial charge in [0.25, 0.3) is 5.92 Å². The molecule has 0 spiro atoms. The average Bonchev–Trinajstić information content (AvgIpc) is 2.61. The maximum Gasteiger partial charge on any atom is 0.284 e. The van der Waals surface area contributed by atoms with Crippen molar-refractivity contribution in [1.29, 1.82) is 0 Å². The molecule has 1 N–H and O–H groups in total. The topological polar surface area (TPSA) is 24.5 Å². The smallest absolute Gasteiger partial charge is 0.284 e. The second-order valence-electron chi connectivity index (χ2n) is 6.26. The van der Waals surface area contributed by atoms with Gasteiger partial charge in [0.15, 0.2) is 0 Å². The van der Waals surface area contributed by atoms with Gasteiger partial charge in [-0.15, -0.1) is 0 Å². The largest absolute Gasteiger partial charge is 0.371 e. The van der Waals surface area contributed by atoms with Crippen molar-refractivity contribution in [3.8, 4) is 0 Å². The van der Waals surface area contributed by atoms with Crippen LogP contribution in [-0.4, -0.2) is 50.2 Å². The summed E-state index contributed by atoms with van der Waals surface area (Å²) >= 11 is 0. The molecule has 5 heteroatoms. The second-order valence-corrected chi connectivity index (χ2v) is 6.26. The molecule has 3 nitrogen and oxygen atoms in total. The predicted molar refractivity (Wildman–Crippen MR) is 91.2 cm³/mol. The van der Waals surface area contributed by atoms with Crippen molar-refractivity contribution in [3.63, 3.8) is 0 Å². The van der Waals surface area contributed by atoms with Crippen LogP contribution in [0.4, 0.5) is 8.78 Å². The Balaban J connectivity index is 1.63. The number of allylic oxidation sites excluding steroid dienone is 2. The number of piperazine rings is 1. The summed E-state index contributed by atoms with van der Waals surface area (Å²) in [5.41, 5.74) is 1.02. The first kappa shape index (κ1) is 17.3. The van der Waals surface area contributed by atoms with Crippen molar-refractivity contribution < 1.29 is 13.5 Å².